The summed E-state index contributed by atoms with van der Waals surface area (Å²) in [5.74, 6) is -0.687. The maximum atomic E-state index is 13.3. The highest BCUT2D eigenvalue weighted by molar-refractivity contribution is 6.39. The normalized spacial score (nSPS) is 14.9. The lowest BCUT2D eigenvalue weighted by molar-refractivity contribution is -0.122. The van der Waals surface area contributed by atoms with E-state index in [9.17, 15) is 14.4 Å². The van der Waals surface area contributed by atoms with Gasteiger partial charge in [0.1, 0.15) is 11.3 Å². The third-order valence-electron chi connectivity index (χ3n) is 6.07. The number of benzene rings is 3. The Bertz CT molecular complexity index is 1380. The van der Waals surface area contributed by atoms with Crippen LogP contribution < -0.4 is 15.0 Å². The molecule has 0 aromatic heterocycles. The molecule has 0 radical (unpaired) electrons. The second kappa shape index (κ2) is 10.2. The number of aryl methyl sites for hydroxylation is 4. The van der Waals surface area contributed by atoms with Gasteiger partial charge in [0.25, 0.3) is 11.8 Å². The quantitative estimate of drug-likeness (QED) is 0.368. The van der Waals surface area contributed by atoms with Crippen molar-refractivity contribution >= 4 is 29.6 Å². The van der Waals surface area contributed by atoms with Gasteiger partial charge >= 0.3 is 6.03 Å². The lowest BCUT2D eigenvalue weighted by Crippen LogP contribution is -2.54. The van der Waals surface area contributed by atoms with Crippen LogP contribution in [0.15, 0.2) is 60.2 Å². The summed E-state index contributed by atoms with van der Waals surface area (Å²) in [6, 6.07) is 16.7. The largest absolute Gasteiger partial charge is 0.494 e. The summed E-state index contributed by atoms with van der Waals surface area (Å²) in [5, 5.41) is 2.29. The van der Waals surface area contributed by atoms with Crippen LogP contribution >= 0.6 is 0 Å². The van der Waals surface area contributed by atoms with E-state index in [2.05, 4.69) is 37.4 Å². The number of carbonyl (C=O) groups excluding carboxylic acids is 3. The zero-order valence-electron chi connectivity index (χ0n) is 21.3. The molecule has 0 atom stereocenters. The Morgan fingerprint density at radius 2 is 1.58 bits per heavy atom. The summed E-state index contributed by atoms with van der Waals surface area (Å²) < 4.78 is 5.91. The Morgan fingerprint density at radius 1 is 0.861 bits per heavy atom. The van der Waals surface area contributed by atoms with Crippen molar-refractivity contribution in [3.05, 3.63) is 99.1 Å². The summed E-state index contributed by atoms with van der Waals surface area (Å²) in [5.41, 5.74) is 7.34. The van der Waals surface area contributed by atoms with E-state index in [1.807, 2.05) is 51.1 Å². The molecule has 0 spiro atoms. The van der Waals surface area contributed by atoms with Gasteiger partial charge in [-0.05, 0) is 75.1 Å². The zero-order chi connectivity index (χ0) is 26.0. The van der Waals surface area contributed by atoms with Crippen molar-refractivity contribution in [1.29, 1.82) is 0 Å². The second-order valence-corrected chi connectivity index (χ2v) is 9.22. The minimum absolute atomic E-state index is 0.112. The molecule has 3 aromatic rings. The Morgan fingerprint density at radius 3 is 2.25 bits per heavy atom. The van der Waals surface area contributed by atoms with Crippen molar-refractivity contribution in [2.75, 3.05) is 11.5 Å². The Labute approximate surface area is 211 Å². The molecule has 3 aromatic carbocycles. The molecule has 1 aliphatic rings. The molecule has 4 rings (SSSR count). The molecule has 1 heterocycles. The van der Waals surface area contributed by atoms with Gasteiger partial charge in [-0.1, -0.05) is 59.2 Å². The van der Waals surface area contributed by atoms with Crippen LogP contribution in [-0.4, -0.2) is 24.5 Å². The average molecular weight is 483 g/mol. The molecule has 1 saturated heterocycles. The summed E-state index contributed by atoms with van der Waals surface area (Å²) in [7, 11) is 0. The number of urea groups is 1. The number of carbonyl (C=O) groups is 3. The smallest absolute Gasteiger partial charge is 0.335 e. The maximum Gasteiger partial charge on any atom is 0.335 e. The SMILES string of the molecule is CCOc1cc(/C=C2\C(=O)NC(=O)N(c3ccc(C)cc3C)C2=O)ccc1Cc1cc(C)cc(C)c1. The van der Waals surface area contributed by atoms with Crippen LogP contribution in [0.1, 0.15) is 45.9 Å². The Balaban J connectivity index is 1.69. The zero-order valence-corrected chi connectivity index (χ0v) is 21.3. The summed E-state index contributed by atoms with van der Waals surface area (Å²) in [4.78, 5) is 39.6. The lowest BCUT2D eigenvalue weighted by atomic mass is 9.98. The molecule has 0 aliphatic carbocycles. The average Bonchev–Trinajstić information content (AvgIpc) is 2.79. The number of nitrogens with zero attached hydrogens (tertiary/aromatic N) is 1. The minimum Gasteiger partial charge on any atom is -0.494 e. The van der Waals surface area contributed by atoms with Crippen molar-refractivity contribution in [1.82, 2.24) is 5.32 Å². The van der Waals surface area contributed by atoms with Crippen molar-refractivity contribution in [3.63, 3.8) is 0 Å². The predicted molar refractivity (Wildman–Crippen MR) is 141 cm³/mol. The van der Waals surface area contributed by atoms with E-state index >= 15 is 0 Å². The summed E-state index contributed by atoms with van der Waals surface area (Å²) in [6.07, 6.45) is 2.20. The molecule has 0 bridgehead atoms. The van der Waals surface area contributed by atoms with E-state index < -0.39 is 17.8 Å². The van der Waals surface area contributed by atoms with Gasteiger partial charge in [0.2, 0.25) is 0 Å². The summed E-state index contributed by atoms with van der Waals surface area (Å²) >= 11 is 0. The number of imide groups is 2. The molecule has 6 heteroatoms. The molecule has 1 aliphatic heterocycles. The number of amides is 4. The van der Waals surface area contributed by atoms with Crippen LogP contribution in [-0.2, 0) is 16.0 Å². The predicted octanol–water partition coefficient (Wildman–Crippen LogP) is 5.58. The molecule has 4 amide bonds. The van der Waals surface area contributed by atoms with Crippen LogP contribution in [0.25, 0.3) is 6.08 Å². The highest BCUT2D eigenvalue weighted by atomic mass is 16.5. The van der Waals surface area contributed by atoms with Gasteiger partial charge in [0.15, 0.2) is 0 Å². The fraction of sp³-hybridized carbons (Fsp3) is 0.233. The van der Waals surface area contributed by atoms with Gasteiger partial charge in [-0.25, -0.2) is 9.69 Å². The molecular formula is C30H30N2O4. The van der Waals surface area contributed by atoms with Crippen molar-refractivity contribution in [2.24, 2.45) is 0 Å². The standard InChI is InChI=1S/C30H30N2O4/c1-6-36-27-17-22(8-9-24(27)15-23-13-19(3)11-20(4)14-23)16-25-28(33)31-30(35)32(29(25)34)26-10-7-18(2)12-21(26)5/h7-14,16-17H,6,15H2,1-5H3,(H,31,33,35)/b25-16+. The second-order valence-electron chi connectivity index (χ2n) is 9.22. The highest BCUT2D eigenvalue weighted by Crippen LogP contribution is 2.28. The molecule has 1 N–H and O–H groups in total. The van der Waals surface area contributed by atoms with Crippen LogP contribution in [0.4, 0.5) is 10.5 Å². The number of nitrogens with one attached hydrogen (secondary N) is 1. The number of anilines is 1. The van der Waals surface area contributed by atoms with Crippen molar-refractivity contribution in [2.45, 2.75) is 41.0 Å². The first kappa shape index (κ1) is 24.9. The number of hydrogen-bond donors (Lipinski definition) is 1. The van der Waals surface area contributed by atoms with Gasteiger partial charge in [-0.15, -0.1) is 0 Å². The molecular weight excluding hydrogens is 452 g/mol. The van der Waals surface area contributed by atoms with Gasteiger partial charge in [0.05, 0.1) is 12.3 Å². The van der Waals surface area contributed by atoms with Crippen LogP contribution in [0, 0.1) is 27.7 Å². The van der Waals surface area contributed by atoms with Gasteiger partial charge in [-0.3, -0.25) is 14.9 Å². The van der Waals surface area contributed by atoms with E-state index in [-0.39, 0.29) is 5.57 Å². The van der Waals surface area contributed by atoms with Gasteiger partial charge < -0.3 is 4.74 Å². The minimum atomic E-state index is -0.757. The van der Waals surface area contributed by atoms with Crippen molar-refractivity contribution in [3.8, 4) is 5.75 Å². The molecule has 0 unspecified atom stereocenters. The number of rotatable bonds is 6. The Kier molecular flexibility index (Phi) is 7.06. The summed E-state index contributed by atoms with van der Waals surface area (Å²) in [6.45, 7) is 10.3. The highest BCUT2D eigenvalue weighted by Gasteiger charge is 2.37. The van der Waals surface area contributed by atoms with Crippen LogP contribution in [0.2, 0.25) is 0 Å². The van der Waals surface area contributed by atoms with E-state index in [1.165, 1.54) is 22.8 Å². The fourth-order valence-corrected chi connectivity index (χ4v) is 4.59. The monoisotopic (exact) mass is 482 g/mol. The van der Waals surface area contributed by atoms with E-state index in [4.69, 9.17) is 4.74 Å². The molecule has 36 heavy (non-hydrogen) atoms. The maximum absolute atomic E-state index is 13.3. The first-order valence-electron chi connectivity index (χ1n) is 12.0. The van der Waals surface area contributed by atoms with Crippen LogP contribution in [0.3, 0.4) is 0 Å². The molecule has 184 valence electrons. The third-order valence-corrected chi connectivity index (χ3v) is 6.07. The van der Waals surface area contributed by atoms with Crippen LogP contribution in [0.5, 0.6) is 5.75 Å². The van der Waals surface area contributed by atoms with E-state index in [0.717, 1.165) is 21.6 Å². The molecule has 0 saturated carbocycles. The number of hydrogen-bond acceptors (Lipinski definition) is 4. The molecule has 1 fully saturated rings. The van der Waals surface area contributed by atoms with E-state index in [1.54, 1.807) is 6.07 Å². The molecule has 6 nitrogen and oxygen atoms in total. The number of barbiturate groups is 1. The topological polar surface area (TPSA) is 75.7 Å². The van der Waals surface area contributed by atoms with Gasteiger partial charge in [0, 0.05) is 6.42 Å². The lowest BCUT2D eigenvalue weighted by Gasteiger charge is -2.27. The first-order valence-corrected chi connectivity index (χ1v) is 12.0. The van der Waals surface area contributed by atoms with E-state index in [0.29, 0.717) is 30.0 Å². The first-order chi connectivity index (χ1) is 17.2. The Hall–Kier alpha value is -4.19. The fourth-order valence-electron chi connectivity index (χ4n) is 4.59. The van der Waals surface area contributed by atoms with Crippen molar-refractivity contribution < 1.29 is 19.1 Å². The van der Waals surface area contributed by atoms with Gasteiger partial charge in [-0.2, -0.15) is 0 Å². The third kappa shape index (κ3) is 5.23. The number of ether oxygens (including phenoxy) is 1.